The van der Waals surface area contributed by atoms with Crippen LogP contribution in [0.15, 0.2) is 36.7 Å². The summed E-state index contributed by atoms with van der Waals surface area (Å²) in [6, 6.07) is 7.72. The van der Waals surface area contributed by atoms with E-state index >= 15 is 0 Å². The van der Waals surface area contributed by atoms with Crippen molar-refractivity contribution in [2.24, 2.45) is 0 Å². The maximum atomic E-state index is 12.3. The number of hydrogen-bond acceptors (Lipinski definition) is 6. The van der Waals surface area contributed by atoms with Crippen LogP contribution in [0.3, 0.4) is 0 Å². The third-order valence-electron chi connectivity index (χ3n) is 4.50. The summed E-state index contributed by atoms with van der Waals surface area (Å²) in [5, 5.41) is 2.77. The van der Waals surface area contributed by atoms with Gasteiger partial charge in [0.05, 0.1) is 11.9 Å². The molecule has 1 atom stereocenters. The molecule has 142 valence electrons. The van der Waals surface area contributed by atoms with Crippen molar-refractivity contribution < 1.29 is 14.3 Å². The Hall–Kier alpha value is -2.96. The number of anilines is 2. The summed E-state index contributed by atoms with van der Waals surface area (Å²) in [4.78, 5) is 34.6. The van der Waals surface area contributed by atoms with Crippen LogP contribution < -0.4 is 10.2 Å². The molecule has 3 rings (SSSR count). The van der Waals surface area contributed by atoms with Crippen molar-refractivity contribution >= 4 is 23.3 Å². The van der Waals surface area contributed by atoms with E-state index in [1.54, 1.807) is 6.92 Å². The Morgan fingerprint density at radius 2 is 1.78 bits per heavy atom. The van der Waals surface area contributed by atoms with E-state index in [2.05, 4.69) is 20.2 Å². The van der Waals surface area contributed by atoms with Gasteiger partial charge in [0.1, 0.15) is 0 Å². The Balaban J connectivity index is 1.54. The number of ether oxygens (including phenoxy) is 1. The highest BCUT2D eigenvalue weighted by Crippen LogP contribution is 2.22. The highest BCUT2D eigenvalue weighted by Gasteiger charge is 2.20. The van der Waals surface area contributed by atoms with Crippen LogP contribution in [0.4, 0.5) is 11.4 Å². The maximum Gasteiger partial charge on any atom is 0.359 e. The first kappa shape index (κ1) is 18.8. The summed E-state index contributed by atoms with van der Waals surface area (Å²) in [5.74, 6) is -1.07. The Bertz CT molecular complexity index is 784. The predicted molar refractivity (Wildman–Crippen MR) is 103 cm³/mol. The Kier molecular flexibility index (Phi) is 6.01. The Morgan fingerprint density at radius 1 is 1.07 bits per heavy atom. The topological polar surface area (TPSA) is 84.4 Å². The number of esters is 1. The van der Waals surface area contributed by atoms with Gasteiger partial charge in [0.15, 0.2) is 11.8 Å². The van der Waals surface area contributed by atoms with Crippen molar-refractivity contribution in [2.75, 3.05) is 23.3 Å². The van der Waals surface area contributed by atoms with Crippen LogP contribution in [0, 0.1) is 6.92 Å². The molecule has 0 aliphatic carbocycles. The first-order valence-corrected chi connectivity index (χ1v) is 9.18. The van der Waals surface area contributed by atoms with Crippen molar-refractivity contribution in [3.8, 4) is 0 Å². The molecule has 27 heavy (non-hydrogen) atoms. The summed E-state index contributed by atoms with van der Waals surface area (Å²) in [7, 11) is 0. The Morgan fingerprint density at radius 3 is 2.41 bits per heavy atom. The SMILES string of the molecule is Cc1cnc(C(=O)OC(C)C(=O)Nc2ccc(N3CCCCC3)cc2)cn1. The summed E-state index contributed by atoms with van der Waals surface area (Å²) in [6.07, 6.45) is 5.59. The molecule has 1 saturated heterocycles. The zero-order chi connectivity index (χ0) is 19.2. The van der Waals surface area contributed by atoms with Gasteiger partial charge < -0.3 is 15.0 Å². The van der Waals surface area contributed by atoms with Gasteiger partial charge in [-0.05, 0) is 57.4 Å². The summed E-state index contributed by atoms with van der Waals surface area (Å²) >= 11 is 0. The zero-order valence-corrected chi connectivity index (χ0v) is 15.6. The lowest BCUT2D eigenvalue weighted by Crippen LogP contribution is -2.30. The van der Waals surface area contributed by atoms with Gasteiger partial charge >= 0.3 is 5.97 Å². The fraction of sp³-hybridized carbons (Fsp3) is 0.400. The highest BCUT2D eigenvalue weighted by atomic mass is 16.5. The molecule has 1 aromatic heterocycles. The van der Waals surface area contributed by atoms with Gasteiger partial charge in [-0.1, -0.05) is 0 Å². The van der Waals surface area contributed by atoms with Crippen molar-refractivity contribution in [3.63, 3.8) is 0 Å². The monoisotopic (exact) mass is 368 g/mol. The lowest BCUT2D eigenvalue weighted by Gasteiger charge is -2.28. The average Bonchev–Trinajstić information content (AvgIpc) is 2.69. The standard InChI is InChI=1S/C20H24N4O3/c1-14-12-22-18(13-21-14)20(26)27-15(2)19(25)23-16-6-8-17(9-7-16)24-10-4-3-5-11-24/h6-9,12-13,15H,3-5,10-11H2,1-2H3,(H,23,25). The van der Waals surface area contributed by atoms with E-state index in [1.165, 1.54) is 38.6 Å². The second kappa shape index (κ2) is 8.62. The predicted octanol–water partition coefficient (Wildman–Crippen LogP) is 2.96. The smallest absolute Gasteiger partial charge is 0.359 e. The minimum absolute atomic E-state index is 0.0751. The number of nitrogens with zero attached hydrogens (tertiary/aromatic N) is 3. The molecule has 0 saturated carbocycles. The van der Waals surface area contributed by atoms with Crippen molar-refractivity contribution in [1.82, 2.24) is 9.97 Å². The van der Waals surface area contributed by atoms with Gasteiger partial charge in [0.25, 0.3) is 5.91 Å². The first-order chi connectivity index (χ1) is 13.0. The molecule has 2 heterocycles. The number of aryl methyl sites for hydroxylation is 1. The quantitative estimate of drug-likeness (QED) is 0.817. The van der Waals surface area contributed by atoms with Crippen LogP contribution in [0.1, 0.15) is 42.4 Å². The van der Waals surface area contributed by atoms with Gasteiger partial charge in [-0.15, -0.1) is 0 Å². The van der Waals surface area contributed by atoms with E-state index in [0.717, 1.165) is 18.8 Å². The normalized spacial score (nSPS) is 15.1. The molecular weight excluding hydrogens is 344 g/mol. The van der Waals surface area contributed by atoms with Crippen LogP contribution in [0.5, 0.6) is 0 Å². The summed E-state index contributed by atoms with van der Waals surface area (Å²) in [6.45, 7) is 5.44. The lowest BCUT2D eigenvalue weighted by molar-refractivity contribution is -0.123. The van der Waals surface area contributed by atoms with E-state index in [4.69, 9.17) is 4.74 Å². The first-order valence-electron chi connectivity index (χ1n) is 9.18. The van der Waals surface area contributed by atoms with Gasteiger partial charge in [-0.2, -0.15) is 0 Å². The number of carbonyl (C=O) groups is 2. The molecule has 0 spiro atoms. The number of rotatable bonds is 5. The fourth-order valence-electron chi connectivity index (χ4n) is 2.92. The number of benzene rings is 1. The molecule has 0 radical (unpaired) electrons. The second-order valence-corrected chi connectivity index (χ2v) is 6.67. The maximum absolute atomic E-state index is 12.3. The number of hydrogen-bond donors (Lipinski definition) is 1. The number of nitrogens with one attached hydrogen (secondary N) is 1. The molecule has 7 nitrogen and oxygen atoms in total. The largest absolute Gasteiger partial charge is 0.448 e. The molecule has 1 amide bonds. The molecule has 0 bridgehead atoms. The molecule has 1 unspecified atom stereocenters. The van der Waals surface area contributed by atoms with Crippen LogP contribution in [-0.2, 0) is 9.53 Å². The number of carbonyl (C=O) groups excluding carboxylic acids is 2. The molecule has 1 N–H and O–H groups in total. The zero-order valence-electron chi connectivity index (χ0n) is 15.6. The van der Waals surface area contributed by atoms with Crippen LogP contribution >= 0.6 is 0 Å². The minimum Gasteiger partial charge on any atom is -0.448 e. The molecule has 7 heteroatoms. The van der Waals surface area contributed by atoms with Crippen LogP contribution in [0.25, 0.3) is 0 Å². The van der Waals surface area contributed by atoms with Crippen LogP contribution in [0.2, 0.25) is 0 Å². The van der Waals surface area contributed by atoms with Gasteiger partial charge in [-0.25, -0.2) is 9.78 Å². The van der Waals surface area contributed by atoms with E-state index in [1.807, 2.05) is 24.3 Å². The number of amides is 1. The molecule has 1 fully saturated rings. The minimum atomic E-state index is -0.942. The van der Waals surface area contributed by atoms with E-state index in [0.29, 0.717) is 11.4 Å². The number of piperidine rings is 1. The summed E-state index contributed by atoms with van der Waals surface area (Å²) in [5.41, 5.74) is 2.60. The lowest BCUT2D eigenvalue weighted by atomic mass is 10.1. The highest BCUT2D eigenvalue weighted by molar-refractivity contribution is 5.96. The fourth-order valence-corrected chi connectivity index (χ4v) is 2.92. The van der Waals surface area contributed by atoms with E-state index in [9.17, 15) is 9.59 Å². The summed E-state index contributed by atoms with van der Waals surface area (Å²) < 4.78 is 5.17. The third kappa shape index (κ3) is 5.03. The molecule has 2 aromatic rings. The molecule has 1 aliphatic heterocycles. The van der Waals surface area contributed by atoms with Gasteiger partial charge in [0.2, 0.25) is 0 Å². The van der Waals surface area contributed by atoms with Crippen molar-refractivity contribution in [1.29, 1.82) is 0 Å². The molecular formula is C20H24N4O3. The number of aromatic nitrogens is 2. The van der Waals surface area contributed by atoms with Crippen LogP contribution in [-0.4, -0.2) is 41.0 Å². The Labute approximate surface area is 158 Å². The average molecular weight is 368 g/mol. The van der Waals surface area contributed by atoms with Gasteiger partial charge in [-0.3, -0.25) is 9.78 Å². The third-order valence-corrected chi connectivity index (χ3v) is 4.50. The van der Waals surface area contributed by atoms with Gasteiger partial charge in [0, 0.05) is 30.7 Å². The van der Waals surface area contributed by atoms with Crippen molar-refractivity contribution in [3.05, 3.63) is 48.0 Å². The van der Waals surface area contributed by atoms with E-state index in [-0.39, 0.29) is 5.69 Å². The van der Waals surface area contributed by atoms with E-state index < -0.39 is 18.0 Å². The second-order valence-electron chi connectivity index (χ2n) is 6.67. The molecule has 1 aromatic carbocycles. The molecule has 1 aliphatic rings. The van der Waals surface area contributed by atoms with Crippen molar-refractivity contribution in [2.45, 2.75) is 39.2 Å².